The maximum atomic E-state index is 14.6. The molecule has 1 fully saturated rings. The van der Waals surface area contributed by atoms with Gasteiger partial charge in [0.1, 0.15) is 6.61 Å². The van der Waals surface area contributed by atoms with Crippen molar-refractivity contribution >= 4 is 5.91 Å². The molecule has 0 unspecified atom stereocenters. The Labute approximate surface area is 205 Å². The molecule has 4 rings (SSSR count). The van der Waals surface area contributed by atoms with Crippen molar-refractivity contribution in [3.63, 3.8) is 0 Å². The van der Waals surface area contributed by atoms with Crippen LogP contribution < -0.4 is 4.74 Å². The highest BCUT2D eigenvalue weighted by Gasteiger charge is 2.29. The molecule has 0 aliphatic carbocycles. The van der Waals surface area contributed by atoms with Gasteiger partial charge >= 0.3 is 0 Å². The second-order valence-corrected chi connectivity index (χ2v) is 8.95. The van der Waals surface area contributed by atoms with Gasteiger partial charge in [-0.3, -0.25) is 4.79 Å². The largest absolute Gasteiger partial charge is 0.435 e. The number of rotatable bonds is 10. The molecule has 1 atom stereocenters. The summed E-state index contributed by atoms with van der Waals surface area (Å²) in [7, 11) is 1.50. The van der Waals surface area contributed by atoms with Gasteiger partial charge in [0.15, 0.2) is 11.6 Å². The van der Waals surface area contributed by atoms with Gasteiger partial charge in [0.05, 0.1) is 29.6 Å². The first-order chi connectivity index (χ1) is 17.0. The highest BCUT2D eigenvalue weighted by Crippen LogP contribution is 2.35. The Bertz CT molecular complexity index is 1130. The number of amides is 1. The molecular weight excluding hydrogens is 449 g/mol. The zero-order chi connectivity index (χ0) is 24.8. The zero-order valence-electron chi connectivity index (χ0n) is 20.4. The topological polar surface area (TPSA) is 65.8 Å². The number of nitrogens with zero attached hydrogens (tertiary/aromatic N) is 3. The van der Waals surface area contributed by atoms with Gasteiger partial charge in [-0.15, -0.1) is 0 Å². The first-order valence-corrected chi connectivity index (χ1v) is 12.0. The van der Waals surface area contributed by atoms with Crippen LogP contribution in [0.1, 0.15) is 43.9 Å². The SMILES string of the molecule is COCC(=O)N(Cc1c(C(C)C)nn(-c2ccccc2)c1Oc1ccccc1F)C[C@H]1CCCO1. The third-order valence-corrected chi connectivity index (χ3v) is 5.98. The van der Waals surface area contributed by atoms with E-state index in [1.807, 2.05) is 44.2 Å². The summed E-state index contributed by atoms with van der Waals surface area (Å²) in [5.74, 6) is -0.110. The highest BCUT2D eigenvalue weighted by atomic mass is 19.1. The Morgan fingerprint density at radius 1 is 1.20 bits per heavy atom. The summed E-state index contributed by atoms with van der Waals surface area (Å²) in [6, 6.07) is 15.8. The number of methoxy groups -OCH3 is 1. The van der Waals surface area contributed by atoms with Crippen LogP contribution in [-0.2, 0) is 20.8 Å². The van der Waals surface area contributed by atoms with Crippen molar-refractivity contribution in [3.05, 3.63) is 71.7 Å². The van der Waals surface area contributed by atoms with E-state index >= 15 is 0 Å². The predicted octanol–water partition coefficient (Wildman–Crippen LogP) is 5.08. The lowest BCUT2D eigenvalue weighted by atomic mass is 10.0. The Hall–Kier alpha value is -3.23. The number of carbonyl (C=O) groups is 1. The molecule has 186 valence electrons. The van der Waals surface area contributed by atoms with Crippen LogP contribution in [0.25, 0.3) is 5.69 Å². The summed E-state index contributed by atoms with van der Waals surface area (Å²) in [6.07, 6.45) is 1.84. The molecule has 2 aromatic carbocycles. The minimum Gasteiger partial charge on any atom is -0.435 e. The number of hydrogen-bond donors (Lipinski definition) is 0. The molecule has 2 heterocycles. The van der Waals surface area contributed by atoms with Crippen LogP contribution in [0.2, 0.25) is 0 Å². The smallest absolute Gasteiger partial charge is 0.248 e. The van der Waals surface area contributed by atoms with E-state index in [0.717, 1.165) is 29.8 Å². The highest BCUT2D eigenvalue weighted by molar-refractivity contribution is 5.77. The lowest BCUT2D eigenvalue weighted by Crippen LogP contribution is -2.39. The van der Waals surface area contributed by atoms with Crippen LogP contribution in [-0.4, -0.2) is 53.6 Å². The molecule has 35 heavy (non-hydrogen) atoms. The summed E-state index contributed by atoms with van der Waals surface area (Å²) in [5, 5.41) is 4.86. The van der Waals surface area contributed by atoms with Crippen LogP contribution >= 0.6 is 0 Å². The molecule has 8 heteroatoms. The fourth-order valence-electron chi connectivity index (χ4n) is 4.24. The molecule has 1 saturated heterocycles. The molecule has 7 nitrogen and oxygen atoms in total. The van der Waals surface area contributed by atoms with Gasteiger partial charge in [-0.2, -0.15) is 5.10 Å². The summed E-state index contributed by atoms with van der Waals surface area (Å²) < 4.78 is 33.4. The van der Waals surface area contributed by atoms with E-state index in [0.29, 0.717) is 19.0 Å². The number of benzene rings is 2. The van der Waals surface area contributed by atoms with E-state index in [-0.39, 0.29) is 36.8 Å². The summed E-state index contributed by atoms with van der Waals surface area (Å²) in [5.41, 5.74) is 2.29. The van der Waals surface area contributed by atoms with Gasteiger partial charge in [-0.1, -0.05) is 44.2 Å². The minimum atomic E-state index is -0.475. The molecule has 1 amide bonds. The molecule has 1 aliphatic heterocycles. The second-order valence-electron chi connectivity index (χ2n) is 8.95. The lowest BCUT2D eigenvalue weighted by Gasteiger charge is -2.26. The summed E-state index contributed by atoms with van der Waals surface area (Å²) in [4.78, 5) is 14.8. The van der Waals surface area contributed by atoms with E-state index in [2.05, 4.69) is 0 Å². The van der Waals surface area contributed by atoms with Crippen molar-refractivity contribution in [1.29, 1.82) is 0 Å². The van der Waals surface area contributed by atoms with Crippen molar-refractivity contribution < 1.29 is 23.4 Å². The monoisotopic (exact) mass is 481 g/mol. The lowest BCUT2D eigenvalue weighted by molar-refractivity contribution is -0.137. The maximum absolute atomic E-state index is 14.6. The maximum Gasteiger partial charge on any atom is 0.248 e. The fourth-order valence-corrected chi connectivity index (χ4v) is 4.24. The van der Waals surface area contributed by atoms with Gasteiger partial charge in [-0.25, -0.2) is 9.07 Å². The third-order valence-electron chi connectivity index (χ3n) is 5.98. The molecule has 0 N–H and O–H groups in total. The van der Waals surface area contributed by atoms with Gasteiger partial charge in [-0.05, 0) is 43.0 Å². The van der Waals surface area contributed by atoms with Gasteiger partial charge < -0.3 is 19.1 Å². The number of halogens is 1. The van der Waals surface area contributed by atoms with E-state index in [1.54, 1.807) is 27.8 Å². The van der Waals surface area contributed by atoms with Crippen molar-refractivity contribution in [1.82, 2.24) is 14.7 Å². The van der Waals surface area contributed by atoms with Gasteiger partial charge in [0, 0.05) is 20.3 Å². The molecular formula is C27H32FN3O4. The normalized spacial score (nSPS) is 15.5. The number of ether oxygens (including phenoxy) is 3. The van der Waals surface area contributed by atoms with Crippen LogP contribution in [0.3, 0.4) is 0 Å². The summed E-state index contributed by atoms with van der Waals surface area (Å²) >= 11 is 0. The molecule has 3 aromatic rings. The fraction of sp³-hybridized carbons (Fsp3) is 0.407. The van der Waals surface area contributed by atoms with Crippen molar-refractivity contribution in [2.75, 3.05) is 26.9 Å². The average Bonchev–Trinajstić information content (AvgIpc) is 3.49. The molecule has 1 aliphatic rings. The number of hydrogen-bond acceptors (Lipinski definition) is 5. The number of para-hydroxylation sites is 2. The van der Waals surface area contributed by atoms with Crippen LogP contribution in [0.5, 0.6) is 11.6 Å². The van der Waals surface area contributed by atoms with Crippen LogP contribution in [0.15, 0.2) is 54.6 Å². The van der Waals surface area contributed by atoms with Crippen molar-refractivity contribution in [2.45, 2.75) is 45.3 Å². The average molecular weight is 482 g/mol. The Morgan fingerprint density at radius 3 is 2.60 bits per heavy atom. The Balaban J connectivity index is 1.80. The van der Waals surface area contributed by atoms with Crippen molar-refractivity contribution in [3.8, 4) is 17.3 Å². The first kappa shape index (κ1) is 24.9. The number of aromatic nitrogens is 2. The third kappa shape index (κ3) is 5.89. The van der Waals surface area contributed by atoms with E-state index < -0.39 is 5.82 Å². The summed E-state index contributed by atoms with van der Waals surface area (Å²) in [6.45, 7) is 5.41. The van der Waals surface area contributed by atoms with Gasteiger partial charge in [0.25, 0.3) is 0 Å². The quantitative estimate of drug-likeness (QED) is 0.404. The van der Waals surface area contributed by atoms with Crippen LogP contribution in [0, 0.1) is 5.82 Å². The molecule has 0 saturated carbocycles. The zero-order valence-corrected chi connectivity index (χ0v) is 20.4. The van der Waals surface area contributed by atoms with E-state index in [4.69, 9.17) is 19.3 Å². The van der Waals surface area contributed by atoms with Crippen molar-refractivity contribution in [2.24, 2.45) is 0 Å². The minimum absolute atomic E-state index is 0.0292. The number of carbonyl (C=O) groups excluding carboxylic acids is 1. The van der Waals surface area contributed by atoms with E-state index in [1.165, 1.54) is 13.2 Å². The Kier molecular flexibility index (Phi) is 8.15. The predicted molar refractivity (Wildman–Crippen MR) is 130 cm³/mol. The van der Waals surface area contributed by atoms with E-state index in [9.17, 15) is 9.18 Å². The molecule has 1 aromatic heterocycles. The second kappa shape index (κ2) is 11.5. The van der Waals surface area contributed by atoms with Crippen LogP contribution in [0.4, 0.5) is 4.39 Å². The molecule has 0 bridgehead atoms. The standard InChI is InChI=1S/C27H32FN3O4/c1-19(2)26-22(17-30(25(32)18-33-3)16-21-12-9-15-34-21)27(35-24-14-8-7-13-23(24)28)31(29-26)20-10-5-4-6-11-20/h4-8,10-11,13-14,19,21H,9,12,15-18H2,1-3H3/t21-/m1/s1. The molecule has 0 spiro atoms. The first-order valence-electron chi connectivity index (χ1n) is 12.0. The Morgan fingerprint density at radius 2 is 1.94 bits per heavy atom. The van der Waals surface area contributed by atoms with Gasteiger partial charge in [0.2, 0.25) is 11.8 Å². The molecule has 0 radical (unpaired) electrons.